The van der Waals surface area contributed by atoms with E-state index in [1.54, 1.807) is 19.5 Å². The van der Waals surface area contributed by atoms with Crippen LogP contribution in [0.5, 0.6) is 0 Å². The van der Waals surface area contributed by atoms with Crippen LogP contribution in [-0.4, -0.2) is 54.3 Å². The Morgan fingerprint density at radius 3 is 3.04 bits per heavy atom. The summed E-state index contributed by atoms with van der Waals surface area (Å²) in [5, 5.41) is 7.42. The second-order valence-electron chi connectivity index (χ2n) is 6.65. The molecule has 2 aliphatic heterocycles. The van der Waals surface area contributed by atoms with E-state index in [4.69, 9.17) is 4.74 Å². The number of ether oxygens (including phenoxy) is 1. The predicted molar refractivity (Wildman–Crippen MR) is 101 cm³/mol. The number of halogens is 3. The maximum atomic E-state index is 13.3. The molecular formula is C18H20F3N5OS. The second-order valence-corrected chi connectivity index (χ2v) is 7.65. The van der Waals surface area contributed by atoms with E-state index in [9.17, 15) is 13.2 Å². The summed E-state index contributed by atoms with van der Waals surface area (Å²) in [6, 6.07) is 3.88. The number of aromatic nitrogens is 2. The van der Waals surface area contributed by atoms with Crippen molar-refractivity contribution in [2.75, 3.05) is 38.7 Å². The van der Waals surface area contributed by atoms with Crippen LogP contribution < -0.4 is 21.2 Å². The fourth-order valence-electron chi connectivity index (χ4n) is 3.47. The average Bonchev–Trinajstić information content (AvgIpc) is 3.04. The molecule has 0 aliphatic carbocycles. The Morgan fingerprint density at radius 1 is 1.39 bits per heavy atom. The first-order chi connectivity index (χ1) is 13.5. The Kier molecular flexibility index (Phi) is 5.26. The number of nitrogens with one attached hydrogen (secondary N) is 2. The number of hydrogen-bond donors (Lipinski definition) is 2. The van der Waals surface area contributed by atoms with Crippen LogP contribution in [0.15, 0.2) is 18.3 Å². The minimum atomic E-state index is -4.49. The highest BCUT2D eigenvalue weighted by molar-refractivity contribution is 7.16. The molecule has 0 aromatic carbocycles. The first kappa shape index (κ1) is 19.2. The fourth-order valence-corrected chi connectivity index (χ4v) is 4.27. The number of pyridine rings is 1. The Hall–Kier alpha value is -2.17. The molecule has 1 atom stereocenters. The van der Waals surface area contributed by atoms with Gasteiger partial charge >= 0.3 is 6.18 Å². The lowest BCUT2D eigenvalue weighted by Gasteiger charge is -2.36. The van der Waals surface area contributed by atoms with Crippen LogP contribution in [-0.2, 0) is 10.9 Å². The molecule has 0 amide bonds. The lowest BCUT2D eigenvalue weighted by atomic mass is 10.1. The zero-order chi connectivity index (χ0) is 19.7. The standard InChI is InChI=1S/C18H20F3N5OS/c1-27-8-4-12-10-26(7-6-22-12)15-13-11(3-2-5-23-13)9-24-16-14(15)25-17(28-16)18(19,20)21/h2-3,5,9,12,22,24H,4,6-8,10H2,1H3. The van der Waals surface area contributed by atoms with Crippen molar-refractivity contribution >= 4 is 28.2 Å². The molecule has 0 saturated carbocycles. The predicted octanol–water partition coefficient (Wildman–Crippen LogP) is 1.19. The van der Waals surface area contributed by atoms with Crippen LogP contribution in [0.3, 0.4) is 0 Å². The van der Waals surface area contributed by atoms with Gasteiger partial charge in [-0.3, -0.25) is 4.98 Å². The van der Waals surface area contributed by atoms with Gasteiger partial charge in [0.05, 0.1) is 11.0 Å². The van der Waals surface area contributed by atoms with Crippen molar-refractivity contribution in [1.82, 2.24) is 20.2 Å². The van der Waals surface area contributed by atoms with E-state index in [0.29, 0.717) is 52.8 Å². The van der Waals surface area contributed by atoms with E-state index in [0.717, 1.165) is 18.2 Å². The monoisotopic (exact) mass is 411 g/mol. The van der Waals surface area contributed by atoms with Gasteiger partial charge in [-0.05, 0) is 18.6 Å². The SMILES string of the molecule is COCCC1CN(C2=c3ncccc3=CNc3sc(C(F)(F)F)nc32)CCN1. The zero-order valence-corrected chi connectivity index (χ0v) is 16.0. The van der Waals surface area contributed by atoms with Gasteiger partial charge in [0.2, 0.25) is 5.01 Å². The van der Waals surface area contributed by atoms with Gasteiger partial charge in [-0.15, -0.1) is 0 Å². The molecule has 1 unspecified atom stereocenters. The molecule has 150 valence electrons. The number of alkyl halides is 3. The average molecular weight is 411 g/mol. The van der Waals surface area contributed by atoms with E-state index in [-0.39, 0.29) is 6.04 Å². The van der Waals surface area contributed by atoms with Crippen molar-refractivity contribution in [3.8, 4) is 0 Å². The maximum Gasteiger partial charge on any atom is 0.443 e. The van der Waals surface area contributed by atoms with Crippen LogP contribution in [0.25, 0.3) is 11.9 Å². The molecule has 1 saturated heterocycles. The highest BCUT2D eigenvalue weighted by atomic mass is 32.1. The molecule has 4 rings (SSSR count). The molecular weight excluding hydrogens is 391 g/mol. The molecule has 2 aliphatic rings. The third-order valence-electron chi connectivity index (χ3n) is 4.76. The zero-order valence-electron chi connectivity index (χ0n) is 15.2. The van der Waals surface area contributed by atoms with Gasteiger partial charge in [0.15, 0.2) is 0 Å². The molecule has 2 aromatic rings. The van der Waals surface area contributed by atoms with Crippen LogP contribution in [0.1, 0.15) is 17.1 Å². The molecule has 0 spiro atoms. The van der Waals surface area contributed by atoms with Gasteiger partial charge in [-0.25, -0.2) is 4.98 Å². The van der Waals surface area contributed by atoms with E-state index >= 15 is 0 Å². The maximum absolute atomic E-state index is 13.3. The highest BCUT2D eigenvalue weighted by Gasteiger charge is 2.38. The molecule has 2 aromatic heterocycles. The number of piperazine rings is 1. The van der Waals surface area contributed by atoms with Crippen molar-refractivity contribution in [3.63, 3.8) is 0 Å². The van der Waals surface area contributed by atoms with Crippen LogP contribution in [0.4, 0.5) is 18.2 Å². The summed E-state index contributed by atoms with van der Waals surface area (Å²) >= 11 is 0.619. The highest BCUT2D eigenvalue weighted by Crippen LogP contribution is 2.39. The smallest absolute Gasteiger partial charge is 0.385 e. The molecule has 0 bridgehead atoms. The van der Waals surface area contributed by atoms with Crippen molar-refractivity contribution in [1.29, 1.82) is 0 Å². The number of methoxy groups -OCH3 is 1. The molecule has 0 radical (unpaired) electrons. The Bertz CT molecular complexity index is 974. The van der Waals surface area contributed by atoms with Gasteiger partial charge < -0.3 is 20.3 Å². The third kappa shape index (κ3) is 3.71. The summed E-state index contributed by atoms with van der Waals surface area (Å²) in [7, 11) is 1.66. The summed E-state index contributed by atoms with van der Waals surface area (Å²) in [5.41, 5.74) is 0.945. The van der Waals surface area contributed by atoms with Crippen molar-refractivity contribution in [3.05, 3.63) is 39.6 Å². The van der Waals surface area contributed by atoms with Crippen LogP contribution in [0, 0.1) is 0 Å². The number of hydrogen-bond acceptors (Lipinski definition) is 7. The summed E-state index contributed by atoms with van der Waals surface area (Å²) in [5.74, 6) is 0. The van der Waals surface area contributed by atoms with Crippen molar-refractivity contribution in [2.24, 2.45) is 0 Å². The van der Waals surface area contributed by atoms with Crippen molar-refractivity contribution in [2.45, 2.75) is 18.6 Å². The minimum absolute atomic E-state index is 0.178. The fraction of sp³-hybridized carbons (Fsp3) is 0.444. The van der Waals surface area contributed by atoms with E-state index in [2.05, 4.69) is 25.5 Å². The van der Waals surface area contributed by atoms with Crippen LogP contribution >= 0.6 is 11.3 Å². The summed E-state index contributed by atoms with van der Waals surface area (Å²) in [6.07, 6.45) is -0.324. The van der Waals surface area contributed by atoms with E-state index in [1.807, 2.05) is 12.1 Å². The van der Waals surface area contributed by atoms with Gasteiger partial charge in [0.1, 0.15) is 10.7 Å². The first-order valence-corrected chi connectivity index (χ1v) is 9.77. The molecule has 28 heavy (non-hydrogen) atoms. The Balaban J connectivity index is 1.83. The quantitative estimate of drug-likeness (QED) is 0.788. The summed E-state index contributed by atoms with van der Waals surface area (Å²) in [6.45, 7) is 2.65. The minimum Gasteiger partial charge on any atom is -0.385 e. The van der Waals surface area contributed by atoms with E-state index < -0.39 is 11.2 Å². The molecule has 10 heteroatoms. The van der Waals surface area contributed by atoms with Crippen LogP contribution in [0.2, 0.25) is 0 Å². The molecule has 6 nitrogen and oxygen atoms in total. The molecule has 4 heterocycles. The number of nitrogens with zero attached hydrogens (tertiary/aromatic N) is 3. The second kappa shape index (κ2) is 7.69. The summed E-state index contributed by atoms with van der Waals surface area (Å²) in [4.78, 5) is 10.5. The number of rotatable bonds is 4. The first-order valence-electron chi connectivity index (χ1n) is 8.95. The molecule has 1 fully saturated rings. The lowest BCUT2D eigenvalue weighted by molar-refractivity contribution is -0.137. The Morgan fingerprint density at radius 2 is 2.25 bits per heavy atom. The van der Waals surface area contributed by atoms with E-state index in [1.165, 1.54) is 0 Å². The van der Waals surface area contributed by atoms with Crippen molar-refractivity contribution < 1.29 is 17.9 Å². The number of fused-ring (bicyclic) bond motifs is 2. The Labute approximate surface area is 163 Å². The third-order valence-corrected chi connectivity index (χ3v) is 5.79. The van der Waals surface area contributed by atoms with Gasteiger partial charge in [-0.2, -0.15) is 13.2 Å². The van der Waals surface area contributed by atoms with Gasteiger partial charge in [0, 0.05) is 57.0 Å². The van der Waals surface area contributed by atoms with Gasteiger partial charge in [-0.1, -0.05) is 11.3 Å². The van der Waals surface area contributed by atoms with Gasteiger partial charge in [0.25, 0.3) is 0 Å². The number of anilines is 1. The molecule has 2 N–H and O–H groups in total. The largest absolute Gasteiger partial charge is 0.443 e. The topological polar surface area (TPSA) is 62.3 Å². The summed E-state index contributed by atoms with van der Waals surface area (Å²) < 4.78 is 45.0. The normalized spacial score (nSPS) is 19.4. The lowest BCUT2D eigenvalue weighted by Crippen LogP contribution is -2.52. The number of thiazole rings is 1.